The summed E-state index contributed by atoms with van der Waals surface area (Å²) in [6.07, 6.45) is 1.46. The highest BCUT2D eigenvalue weighted by molar-refractivity contribution is 5.87. The molecule has 1 rings (SSSR count). The summed E-state index contributed by atoms with van der Waals surface area (Å²) in [4.78, 5) is 23.7. The third-order valence-electron chi connectivity index (χ3n) is 1.84. The number of ketones is 1. The Morgan fingerprint density at radius 3 is 2.92 bits per heavy atom. The second-order valence-electron chi connectivity index (χ2n) is 2.89. The first kappa shape index (κ1) is 9.19. The number of carbonyl (C=O) groups is 2. The van der Waals surface area contributed by atoms with Crippen LogP contribution in [0.1, 0.15) is 12.8 Å². The maximum absolute atomic E-state index is 11.0. The normalized spacial score (nSPS) is 17.1. The summed E-state index contributed by atoms with van der Waals surface area (Å²) >= 11 is 0. The van der Waals surface area contributed by atoms with E-state index >= 15 is 0 Å². The van der Waals surface area contributed by atoms with Crippen LogP contribution in [0.4, 0.5) is 0 Å². The molecule has 1 amide bonds. The molecule has 0 unspecified atom stereocenters. The Kier molecular flexibility index (Phi) is 3.22. The van der Waals surface area contributed by atoms with Crippen LogP contribution in [0.5, 0.6) is 0 Å². The molecule has 0 aromatic carbocycles. The van der Waals surface area contributed by atoms with Crippen molar-refractivity contribution in [1.29, 1.82) is 0 Å². The monoisotopic (exact) mass is 171 g/mol. The van der Waals surface area contributed by atoms with E-state index in [1.54, 1.807) is 4.90 Å². The summed E-state index contributed by atoms with van der Waals surface area (Å²) < 4.78 is 4.66. The molecule has 0 spiro atoms. The topological polar surface area (TPSA) is 46.6 Å². The summed E-state index contributed by atoms with van der Waals surface area (Å²) in [5.74, 6) is 0.0483. The molecule has 0 aromatic heterocycles. The van der Waals surface area contributed by atoms with Gasteiger partial charge in [-0.05, 0) is 6.42 Å². The van der Waals surface area contributed by atoms with Crippen molar-refractivity contribution in [2.75, 3.05) is 26.8 Å². The van der Waals surface area contributed by atoms with Gasteiger partial charge < -0.3 is 9.64 Å². The number of nitrogens with zero attached hydrogens (tertiary/aromatic N) is 1. The zero-order valence-corrected chi connectivity index (χ0v) is 7.21. The van der Waals surface area contributed by atoms with E-state index in [4.69, 9.17) is 0 Å². The van der Waals surface area contributed by atoms with Crippen LogP contribution in [-0.2, 0) is 14.3 Å². The van der Waals surface area contributed by atoms with Crippen molar-refractivity contribution >= 4 is 11.7 Å². The molecule has 0 bridgehead atoms. The Hall–Kier alpha value is -0.900. The fraction of sp³-hybridized carbons (Fsp3) is 0.750. The molecular weight excluding hydrogens is 158 g/mol. The minimum atomic E-state index is -0.0345. The van der Waals surface area contributed by atoms with Gasteiger partial charge in [0, 0.05) is 20.1 Å². The molecule has 4 nitrogen and oxygen atoms in total. The Labute approximate surface area is 71.5 Å². The molecule has 0 aliphatic carbocycles. The average molecular weight is 171 g/mol. The molecule has 0 aromatic rings. The van der Waals surface area contributed by atoms with Gasteiger partial charge >= 0.3 is 0 Å². The first-order valence-electron chi connectivity index (χ1n) is 4.02. The molecule has 4 heteroatoms. The number of Topliss-reactive ketones (excluding diaryl/α,β-unsaturated/α-hetero) is 1. The molecule has 0 saturated carbocycles. The number of methoxy groups -OCH3 is 1. The lowest BCUT2D eigenvalue weighted by Gasteiger charge is -2.13. The van der Waals surface area contributed by atoms with E-state index in [9.17, 15) is 9.59 Å². The van der Waals surface area contributed by atoms with Crippen LogP contribution in [0.15, 0.2) is 0 Å². The highest BCUT2D eigenvalue weighted by Crippen LogP contribution is 2.08. The van der Waals surface area contributed by atoms with Crippen molar-refractivity contribution in [2.45, 2.75) is 12.8 Å². The van der Waals surface area contributed by atoms with Crippen molar-refractivity contribution in [1.82, 2.24) is 4.90 Å². The fourth-order valence-electron chi connectivity index (χ4n) is 1.29. The molecule has 1 saturated heterocycles. The van der Waals surface area contributed by atoms with Gasteiger partial charge in [-0.1, -0.05) is 0 Å². The standard InChI is InChI=1S/C8H13NO3/c1-12-6-7(10)5-9-4-2-3-8(9)11/h2-6H2,1H3. The van der Waals surface area contributed by atoms with E-state index in [-0.39, 0.29) is 24.8 Å². The van der Waals surface area contributed by atoms with Crippen LogP contribution in [0.3, 0.4) is 0 Å². The Morgan fingerprint density at radius 2 is 2.42 bits per heavy atom. The average Bonchev–Trinajstić information content (AvgIpc) is 2.37. The second-order valence-corrected chi connectivity index (χ2v) is 2.89. The summed E-state index contributed by atoms with van der Waals surface area (Å²) in [7, 11) is 1.48. The van der Waals surface area contributed by atoms with Crippen molar-refractivity contribution in [2.24, 2.45) is 0 Å². The van der Waals surface area contributed by atoms with Gasteiger partial charge in [-0.25, -0.2) is 0 Å². The van der Waals surface area contributed by atoms with Crippen LogP contribution in [0.2, 0.25) is 0 Å². The molecule has 1 aliphatic heterocycles. The molecule has 0 N–H and O–H groups in total. The Morgan fingerprint density at radius 1 is 1.67 bits per heavy atom. The molecule has 1 fully saturated rings. The van der Waals surface area contributed by atoms with E-state index < -0.39 is 0 Å². The summed E-state index contributed by atoms with van der Waals surface area (Å²) in [5, 5.41) is 0. The molecule has 12 heavy (non-hydrogen) atoms. The number of amides is 1. The lowest BCUT2D eigenvalue weighted by atomic mass is 10.4. The minimum Gasteiger partial charge on any atom is -0.377 e. The Balaban J connectivity index is 2.30. The molecule has 68 valence electrons. The van der Waals surface area contributed by atoms with Crippen LogP contribution in [0, 0.1) is 0 Å². The SMILES string of the molecule is COCC(=O)CN1CCCC1=O. The van der Waals surface area contributed by atoms with Gasteiger partial charge in [0.2, 0.25) is 5.91 Å². The first-order valence-corrected chi connectivity index (χ1v) is 4.02. The van der Waals surface area contributed by atoms with Crippen LogP contribution >= 0.6 is 0 Å². The molecular formula is C8H13NO3. The van der Waals surface area contributed by atoms with Crippen molar-refractivity contribution < 1.29 is 14.3 Å². The number of hydrogen-bond donors (Lipinski definition) is 0. The maximum Gasteiger partial charge on any atom is 0.223 e. The van der Waals surface area contributed by atoms with Gasteiger partial charge in [-0.3, -0.25) is 9.59 Å². The van der Waals surface area contributed by atoms with Crippen LogP contribution < -0.4 is 0 Å². The van der Waals surface area contributed by atoms with E-state index in [2.05, 4.69) is 4.74 Å². The number of carbonyl (C=O) groups excluding carboxylic acids is 2. The predicted molar refractivity (Wildman–Crippen MR) is 42.7 cm³/mol. The lowest BCUT2D eigenvalue weighted by Crippen LogP contribution is -2.32. The van der Waals surface area contributed by atoms with E-state index in [1.807, 2.05) is 0 Å². The number of hydrogen-bond acceptors (Lipinski definition) is 3. The third kappa shape index (κ3) is 2.30. The summed E-state index contributed by atoms with van der Waals surface area (Å²) in [6.45, 7) is 1.03. The Bertz CT molecular complexity index is 191. The molecule has 0 atom stereocenters. The highest BCUT2D eigenvalue weighted by Gasteiger charge is 2.21. The highest BCUT2D eigenvalue weighted by atomic mass is 16.5. The van der Waals surface area contributed by atoms with Crippen molar-refractivity contribution in [3.05, 3.63) is 0 Å². The van der Waals surface area contributed by atoms with Gasteiger partial charge in [0.1, 0.15) is 6.61 Å². The number of likely N-dealkylation sites (tertiary alicyclic amines) is 1. The predicted octanol–water partition coefficient (Wildman–Crippen LogP) is -0.176. The summed E-state index contributed by atoms with van der Waals surface area (Å²) in [5.41, 5.74) is 0. The smallest absolute Gasteiger partial charge is 0.223 e. The lowest BCUT2D eigenvalue weighted by molar-refractivity contribution is -0.133. The third-order valence-corrected chi connectivity index (χ3v) is 1.84. The quantitative estimate of drug-likeness (QED) is 0.589. The van der Waals surface area contributed by atoms with Crippen molar-refractivity contribution in [3.8, 4) is 0 Å². The van der Waals surface area contributed by atoms with Gasteiger partial charge in [0.15, 0.2) is 5.78 Å². The van der Waals surface area contributed by atoms with Gasteiger partial charge in [-0.15, -0.1) is 0 Å². The minimum absolute atomic E-state index is 0.0345. The van der Waals surface area contributed by atoms with E-state index in [0.717, 1.165) is 6.42 Å². The zero-order valence-electron chi connectivity index (χ0n) is 7.21. The molecule has 1 aliphatic rings. The van der Waals surface area contributed by atoms with E-state index in [1.165, 1.54) is 7.11 Å². The van der Waals surface area contributed by atoms with Crippen LogP contribution in [0.25, 0.3) is 0 Å². The number of ether oxygens (including phenoxy) is 1. The second kappa shape index (κ2) is 4.21. The first-order chi connectivity index (χ1) is 5.74. The largest absolute Gasteiger partial charge is 0.377 e. The molecule has 1 heterocycles. The van der Waals surface area contributed by atoms with Gasteiger partial charge in [0.05, 0.1) is 6.54 Å². The number of rotatable bonds is 4. The van der Waals surface area contributed by atoms with Crippen molar-refractivity contribution in [3.63, 3.8) is 0 Å². The van der Waals surface area contributed by atoms with E-state index in [0.29, 0.717) is 13.0 Å². The fourth-order valence-corrected chi connectivity index (χ4v) is 1.29. The molecule has 0 radical (unpaired) electrons. The summed E-state index contributed by atoms with van der Waals surface area (Å²) in [6, 6.07) is 0. The van der Waals surface area contributed by atoms with Crippen LogP contribution in [-0.4, -0.2) is 43.4 Å². The van der Waals surface area contributed by atoms with Gasteiger partial charge in [0.25, 0.3) is 0 Å². The zero-order chi connectivity index (χ0) is 8.97. The van der Waals surface area contributed by atoms with Gasteiger partial charge in [-0.2, -0.15) is 0 Å². The maximum atomic E-state index is 11.0.